The van der Waals surface area contributed by atoms with Gasteiger partial charge in [0, 0.05) is 18.7 Å². The van der Waals surface area contributed by atoms with E-state index < -0.39 is 0 Å². The van der Waals surface area contributed by atoms with E-state index in [0.717, 1.165) is 19.4 Å². The zero-order valence-corrected chi connectivity index (χ0v) is 9.05. The summed E-state index contributed by atoms with van der Waals surface area (Å²) in [5.74, 6) is 2.68. The molecule has 0 radical (unpaired) electrons. The Balaban J connectivity index is 2.61. The molecule has 80 valence electrons. The molecule has 1 saturated heterocycles. The summed E-state index contributed by atoms with van der Waals surface area (Å²) >= 11 is 0. The summed E-state index contributed by atoms with van der Waals surface area (Å²) in [6.45, 7) is 5.44. The zero-order chi connectivity index (χ0) is 10.6. The predicted molar refractivity (Wildman–Crippen MR) is 57.9 cm³/mol. The third kappa shape index (κ3) is 2.71. The van der Waals surface area contributed by atoms with Crippen LogP contribution in [0.4, 0.5) is 0 Å². The summed E-state index contributed by atoms with van der Waals surface area (Å²) in [5.41, 5.74) is 5.79. The second-order valence-electron chi connectivity index (χ2n) is 4.15. The van der Waals surface area contributed by atoms with E-state index in [1.807, 2.05) is 6.92 Å². The molecular weight excluding hydrogens is 176 g/mol. The zero-order valence-electron chi connectivity index (χ0n) is 9.05. The normalized spacial score (nSPS) is 34.9. The average molecular weight is 196 g/mol. The highest BCUT2D eigenvalue weighted by molar-refractivity contribution is 5.03. The fraction of sp³-hybridized carbons (Fsp3) is 0.818. The standard InChI is InChI=1S/C11H20N2O/c1-4-9(2)13-11(8-12)5-6-14-10(3)7-11/h1,9-10,13H,5-8,12H2,2-3H3. The van der Waals surface area contributed by atoms with Gasteiger partial charge < -0.3 is 10.5 Å². The van der Waals surface area contributed by atoms with Crippen LogP contribution in [0.3, 0.4) is 0 Å². The van der Waals surface area contributed by atoms with Crippen LogP contribution >= 0.6 is 0 Å². The second-order valence-corrected chi connectivity index (χ2v) is 4.15. The molecule has 0 aliphatic carbocycles. The van der Waals surface area contributed by atoms with Crippen molar-refractivity contribution in [2.24, 2.45) is 5.73 Å². The summed E-state index contributed by atoms with van der Waals surface area (Å²) in [6.07, 6.45) is 7.51. The van der Waals surface area contributed by atoms with Crippen LogP contribution in [0, 0.1) is 12.3 Å². The summed E-state index contributed by atoms with van der Waals surface area (Å²) in [7, 11) is 0. The van der Waals surface area contributed by atoms with Gasteiger partial charge in [-0.1, -0.05) is 5.92 Å². The molecule has 0 spiro atoms. The molecule has 0 bridgehead atoms. The molecule has 0 aromatic carbocycles. The van der Waals surface area contributed by atoms with Crippen LogP contribution in [0.15, 0.2) is 0 Å². The third-order valence-corrected chi connectivity index (χ3v) is 2.82. The van der Waals surface area contributed by atoms with E-state index in [0.29, 0.717) is 6.54 Å². The van der Waals surface area contributed by atoms with Crippen molar-refractivity contribution in [3.8, 4) is 12.3 Å². The van der Waals surface area contributed by atoms with Gasteiger partial charge in [0.15, 0.2) is 0 Å². The van der Waals surface area contributed by atoms with E-state index in [1.54, 1.807) is 0 Å². The first-order chi connectivity index (χ1) is 6.62. The lowest BCUT2D eigenvalue weighted by atomic mass is 9.86. The molecule has 1 rings (SSSR count). The first-order valence-electron chi connectivity index (χ1n) is 5.17. The fourth-order valence-corrected chi connectivity index (χ4v) is 2.04. The molecule has 0 amide bonds. The Kier molecular flexibility index (Phi) is 3.94. The topological polar surface area (TPSA) is 47.3 Å². The molecule has 3 atom stereocenters. The molecule has 3 unspecified atom stereocenters. The van der Waals surface area contributed by atoms with Crippen molar-refractivity contribution in [1.29, 1.82) is 0 Å². The molecular formula is C11H20N2O. The van der Waals surface area contributed by atoms with Gasteiger partial charge in [-0.05, 0) is 26.7 Å². The van der Waals surface area contributed by atoms with E-state index in [9.17, 15) is 0 Å². The molecule has 3 heteroatoms. The van der Waals surface area contributed by atoms with Gasteiger partial charge in [0.05, 0.1) is 12.1 Å². The van der Waals surface area contributed by atoms with Crippen molar-refractivity contribution >= 4 is 0 Å². The van der Waals surface area contributed by atoms with E-state index >= 15 is 0 Å². The van der Waals surface area contributed by atoms with E-state index in [2.05, 4.69) is 18.2 Å². The number of hydrogen-bond acceptors (Lipinski definition) is 3. The quantitative estimate of drug-likeness (QED) is 0.646. The lowest BCUT2D eigenvalue weighted by Crippen LogP contribution is -2.58. The van der Waals surface area contributed by atoms with Crippen molar-refractivity contribution in [3.05, 3.63) is 0 Å². The summed E-state index contributed by atoms with van der Waals surface area (Å²) in [6, 6.07) is 0.0730. The monoisotopic (exact) mass is 196 g/mol. The van der Waals surface area contributed by atoms with Gasteiger partial charge in [-0.25, -0.2) is 0 Å². The molecule has 1 heterocycles. The van der Waals surface area contributed by atoms with Gasteiger partial charge in [0.1, 0.15) is 0 Å². The van der Waals surface area contributed by atoms with Gasteiger partial charge in [0.2, 0.25) is 0 Å². The molecule has 0 aromatic heterocycles. The maximum Gasteiger partial charge on any atom is 0.0663 e. The summed E-state index contributed by atoms with van der Waals surface area (Å²) in [4.78, 5) is 0. The molecule has 14 heavy (non-hydrogen) atoms. The van der Waals surface area contributed by atoms with Crippen molar-refractivity contribution in [2.45, 2.75) is 44.4 Å². The third-order valence-electron chi connectivity index (χ3n) is 2.82. The molecule has 1 fully saturated rings. The number of nitrogens with one attached hydrogen (secondary N) is 1. The van der Waals surface area contributed by atoms with Gasteiger partial charge in [0.25, 0.3) is 0 Å². The minimum Gasteiger partial charge on any atom is -0.378 e. The second kappa shape index (κ2) is 4.79. The van der Waals surface area contributed by atoms with Crippen LogP contribution in [-0.2, 0) is 4.74 Å². The van der Waals surface area contributed by atoms with Crippen LogP contribution in [0.2, 0.25) is 0 Å². The summed E-state index contributed by atoms with van der Waals surface area (Å²) in [5, 5.41) is 3.42. The molecule has 3 nitrogen and oxygen atoms in total. The van der Waals surface area contributed by atoms with Crippen LogP contribution in [0.5, 0.6) is 0 Å². The van der Waals surface area contributed by atoms with Crippen LogP contribution in [-0.4, -0.2) is 30.8 Å². The minimum atomic E-state index is -0.0244. The van der Waals surface area contributed by atoms with Crippen molar-refractivity contribution in [2.75, 3.05) is 13.2 Å². The van der Waals surface area contributed by atoms with Gasteiger partial charge in [-0.3, -0.25) is 5.32 Å². The first-order valence-corrected chi connectivity index (χ1v) is 5.17. The highest BCUT2D eigenvalue weighted by Gasteiger charge is 2.34. The van der Waals surface area contributed by atoms with Crippen LogP contribution in [0.1, 0.15) is 26.7 Å². The molecule has 1 aliphatic heterocycles. The Morgan fingerprint density at radius 1 is 1.79 bits per heavy atom. The van der Waals surface area contributed by atoms with Gasteiger partial charge in [-0.15, -0.1) is 6.42 Å². The van der Waals surface area contributed by atoms with Gasteiger partial charge in [-0.2, -0.15) is 0 Å². The first kappa shape index (κ1) is 11.5. The van der Waals surface area contributed by atoms with E-state index in [1.165, 1.54) is 0 Å². The van der Waals surface area contributed by atoms with Gasteiger partial charge >= 0.3 is 0 Å². The average Bonchev–Trinajstić information content (AvgIpc) is 2.17. The Morgan fingerprint density at radius 2 is 2.50 bits per heavy atom. The SMILES string of the molecule is C#CC(C)NC1(CN)CCOC(C)C1. The minimum absolute atomic E-state index is 0.0244. The van der Waals surface area contributed by atoms with E-state index in [-0.39, 0.29) is 17.7 Å². The maximum atomic E-state index is 5.82. The van der Waals surface area contributed by atoms with Crippen molar-refractivity contribution in [3.63, 3.8) is 0 Å². The van der Waals surface area contributed by atoms with Crippen LogP contribution in [0.25, 0.3) is 0 Å². The Hall–Kier alpha value is -0.560. The number of rotatable bonds is 3. The highest BCUT2D eigenvalue weighted by Crippen LogP contribution is 2.24. The lowest BCUT2D eigenvalue weighted by molar-refractivity contribution is -0.0173. The summed E-state index contributed by atoms with van der Waals surface area (Å²) < 4.78 is 5.50. The number of ether oxygens (including phenoxy) is 1. The largest absolute Gasteiger partial charge is 0.378 e. The van der Waals surface area contributed by atoms with Crippen molar-refractivity contribution < 1.29 is 4.74 Å². The molecule has 0 aromatic rings. The number of hydrogen-bond donors (Lipinski definition) is 2. The highest BCUT2D eigenvalue weighted by atomic mass is 16.5. The maximum absolute atomic E-state index is 5.82. The Labute approximate surface area is 86.4 Å². The fourth-order valence-electron chi connectivity index (χ4n) is 2.04. The molecule has 3 N–H and O–H groups in total. The molecule has 1 aliphatic rings. The smallest absolute Gasteiger partial charge is 0.0663 e. The van der Waals surface area contributed by atoms with Crippen LogP contribution < -0.4 is 11.1 Å². The van der Waals surface area contributed by atoms with Crippen molar-refractivity contribution in [1.82, 2.24) is 5.32 Å². The number of terminal acetylenes is 1. The lowest BCUT2D eigenvalue weighted by Gasteiger charge is -2.41. The molecule has 0 saturated carbocycles. The Bertz CT molecular complexity index is 224. The number of nitrogens with two attached hydrogens (primary N) is 1. The van der Waals surface area contributed by atoms with E-state index in [4.69, 9.17) is 16.9 Å². The predicted octanol–water partition coefficient (Wildman–Crippen LogP) is 0.494. The Morgan fingerprint density at radius 3 is 3.00 bits per heavy atom.